The molecule has 0 bridgehead atoms. The number of fused-ring (bicyclic) bond motifs is 1. The van der Waals surface area contributed by atoms with Gasteiger partial charge in [0.25, 0.3) is 0 Å². The molecule has 5 N–H and O–H groups in total. The average Bonchev–Trinajstić information content (AvgIpc) is 3.36. The third-order valence-corrected chi connectivity index (χ3v) is 7.93. The van der Waals surface area contributed by atoms with Crippen LogP contribution in [-0.2, 0) is 14.4 Å². The van der Waals surface area contributed by atoms with Gasteiger partial charge in [-0.15, -0.1) is 11.8 Å². The number of β-lactam (4-membered cyclic amide) rings is 1. The minimum atomic E-state index is -1.12. The van der Waals surface area contributed by atoms with Crippen molar-refractivity contribution in [3.05, 3.63) is 10.6 Å². The molecule has 9 nitrogen and oxygen atoms in total. The normalized spacial score (nSPS) is 37.5. The predicted molar refractivity (Wildman–Crippen MR) is 107 cm³/mol. The minimum Gasteiger partial charge on any atom is -0.477 e. The summed E-state index contributed by atoms with van der Waals surface area (Å²) in [7, 11) is 0. The third kappa shape index (κ3) is 3.56. The van der Waals surface area contributed by atoms with Gasteiger partial charge < -0.3 is 31.1 Å². The van der Waals surface area contributed by atoms with Crippen LogP contribution in [0, 0.1) is 11.8 Å². The molecule has 7 atom stereocenters. The fraction of sp³-hybridized carbons (Fsp3) is 0.737. The zero-order valence-electron chi connectivity index (χ0n) is 16.6. The maximum Gasteiger partial charge on any atom is 0.353 e. The Kier molecular flexibility index (Phi) is 5.62. The van der Waals surface area contributed by atoms with Crippen LogP contribution in [0.2, 0.25) is 0 Å². The second-order valence-corrected chi connectivity index (χ2v) is 9.75. The minimum absolute atomic E-state index is 0.0122. The fourth-order valence-corrected chi connectivity index (χ4v) is 6.41. The van der Waals surface area contributed by atoms with Gasteiger partial charge in [-0.1, -0.05) is 6.92 Å². The van der Waals surface area contributed by atoms with Gasteiger partial charge in [-0.25, -0.2) is 4.79 Å². The number of amides is 2. The largest absolute Gasteiger partial charge is 0.477 e. The molecule has 4 aliphatic heterocycles. The van der Waals surface area contributed by atoms with E-state index < -0.39 is 18.0 Å². The number of aliphatic carboxylic acids is 1. The van der Waals surface area contributed by atoms with Gasteiger partial charge in [-0.3, -0.25) is 9.59 Å². The number of aliphatic hydroxyl groups excluding tert-OH is 1. The van der Waals surface area contributed by atoms with E-state index in [9.17, 15) is 24.6 Å². The second kappa shape index (κ2) is 7.90. The number of rotatable bonds is 6. The van der Waals surface area contributed by atoms with Gasteiger partial charge in [0.2, 0.25) is 11.8 Å². The van der Waals surface area contributed by atoms with Crippen molar-refractivity contribution in [3.63, 3.8) is 0 Å². The summed E-state index contributed by atoms with van der Waals surface area (Å²) in [4.78, 5) is 38.8. The molecular formula is C19H28N4O5S. The van der Waals surface area contributed by atoms with Crippen LogP contribution in [0.25, 0.3) is 0 Å². The van der Waals surface area contributed by atoms with E-state index in [1.807, 2.05) is 6.92 Å². The first-order valence-corrected chi connectivity index (χ1v) is 11.1. The number of carbonyl (C=O) groups is 3. The van der Waals surface area contributed by atoms with Gasteiger partial charge in [0.05, 0.1) is 24.1 Å². The van der Waals surface area contributed by atoms with Crippen LogP contribution in [0.1, 0.15) is 26.7 Å². The first-order chi connectivity index (χ1) is 13.8. The van der Waals surface area contributed by atoms with Crippen molar-refractivity contribution in [2.75, 3.05) is 19.6 Å². The Hall–Kier alpha value is -1.62. The summed E-state index contributed by atoms with van der Waals surface area (Å²) in [6, 6.07) is -0.430. The number of nitrogens with one attached hydrogen (secondary N) is 3. The number of thioether (sulfide) groups is 1. The zero-order chi connectivity index (χ0) is 20.9. The molecule has 0 aromatic heterocycles. The summed E-state index contributed by atoms with van der Waals surface area (Å²) < 4.78 is 0. The van der Waals surface area contributed by atoms with Crippen LogP contribution in [0.4, 0.5) is 0 Å². The van der Waals surface area contributed by atoms with Crippen molar-refractivity contribution in [2.24, 2.45) is 11.8 Å². The number of aliphatic hydroxyl groups is 1. The molecule has 0 aromatic carbocycles. The van der Waals surface area contributed by atoms with E-state index >= 15 is 0 Å². The summed E-state index contributed by atoms with van der Waals surface area (Å²) in [6.45, 7) is 5.79. The molecule has 160 valence electrons. The lowest BCUT2D eigenvalue weighted by Crippen LogP contribution is -2.63. The van der Waals surface area contributed by atoms with E-state index in [0.29, 0.717) is 17.9 Å². The first kappa shape index (κ1) is 20.6. The van der Waals surface area contributed by atoms with Crippen LogP contribution in [0.3, 0.4) is 0 Å². The maximum atomic E-state index is 12.5. The SMILES string of the molecule is C[C@@H](O)[C@H]1C(=O)N2C(C(=O)O)=C(S[C@@H]3CN[C@H](C(=O)N[C@@H]4CCNC4)C3)[C@H](C)[C@H]12. The van der Waals surface area contributed by atoms with Gasteiger partial charge in [-0.2, -0.15) is 0 Å². The van der Waals surface area contributed by atoms with Crippen molar-refractivity contribution in [1.82, 2.24) is 20.9 Å². The molecule has 0 spiro atoms. The van der Waals surface area contributed by atoms with Crippen LogP contribution in [-0.4, -0.2) is 82.0 Å². The predicted octanol–water partition coefficient (Wildman–Crippen LogP) is -0.918. The van der Waals surface area contributed by atoms with Crippen LogP contribution < -0.4 is 16.0 Å². The highest BCUT2D eigenvalue weighted by molar-refractivity contribution is 8.03. The topological polar surface area (TPSA) is 131 Å². The number of carboxylic acids is 1. The standard InChI is InChI=1S/C19H28N4O5S/c1-8-14-13(9(2)24)18(26)23(14)15(19(27)28)16(8)29-11-5-12(21-7-11)17(25)22-10-3-4-20-6-10/h8-14,20-21,24H,3-7H2,1-2H3,(H,22,25)(H,27,28)/t8-,9-,10-,11+,12+,13-,14-/m1/s1. The zero-order valence-corrected chi connectivity index (χ0v) is 17.4. The summed E-state index contributed by atoms with van der Waals surface area (Å²) in [5, 5.41) is 29.2. The molecular weight excluding hydrogens is 396 g/mol. The lowest BCUT2D eigenvalue weighted by molar-refractivity contribution is -0.163. The Balaban J connectivity index is 1.43. The Labute approximate surface area is 173 Å². The summed E-state index contributed by atoms with van der Waals surface area (Å²) in [5.41, 5.74) is 0.0410. The van der Waals surface area contributed by atoms with Crippen molar-refractivity contribution in [1.29, 1.82) is 0 Å². The highest BCUT2D eigenvalue weighted by atomic mass is 32.2. The van der Waals surface area contributed by atoms with Gasteiger partial charge in [0.15, 0.2) is 0 Å². The Morgan fingerprint density at radius 1 is 1.34 bits per heavy atom. The van der Waals surface area contributed by atoms with Crippen molar-refractivity contribution >= 4 is 29.5 Å². The highest BCUT2D eigenvalue weighted by Crippen LogP contribution is 2.51. The molecule has 0 aromatic rings. The molecule has 3 fully saturated rings. The Bertz CT molecular complexity index is 751. The molecule has 0 unspecified atom stereocenters. The lowest BCUT2D eigenvalue weighted by atomic mass is 9.79. The lowest BCUT2D eigenvalue weighted by Gasteiger charge is -2.46. The molecule has 29 heavy (non-hydrogen) atoms. The maximum absolute atomic E-state index is 12.5. The fourth-order valence-electron chi connectivity index (χ4n) is 4.93. The molecule has 3 saturated heterocycles. The van der Waals surface area contributed by atoms with Gasteiger partial charge in [0.1, 0.15) is 5.70 Å². The molecule has 4 heterocycles. The number of hydrogen-bond acceptors (Lipinski definition) is 7. The Morgan fingerprint density at radius 2 is 2.10 bits per heavy atom. The molecule has 0 radical (unpaired) electrons. The van der Waals surface area contributed by atoms with Gasteiger partial charge in [0, 0.05) is 35.2 Å². The first-order valence-electron chi connectivity index (χ1n) is 10.2. The quantitative estimate of drug-likeness (QED) is 0.346. The van der Waals surface area contributed by atoms with E-state index in [-0.39, 0.29) is 46.8 Å². The van der Waals surface area contributed by atoms with Crippen LogP contribution in [0.15, 0.2) is 10.6 Å². The van der Waals surface area contributed by atoms with Crippen molar-refractivity contribution < 1.29 is 24.6 Å². The summed E-state index contributed by atoms with van der Waals surface area (Å²) in [5.74, 6) is -2.16. The van der Waals surface area contributed by atoms with Gasteiger partial charge in [-0.05, 0) is 26.3 Å². The molecule has 10 heteroatoms. The Morgan fingerprint density at radius 3 is 2.72 bits per heavy atom. The monoisotopic (exact) mass is 424 g/mol. The molecule has 4 rings (SSSR count). The third-order valence-electron chi connectivity index (χ3n) is 6.42. The molecule has 2 amide bonds. The molecule has 0 aliphatic carbocycles. The average molecular weight is 425 g/mol. The highest BCUT2D eigenvalue weighted by Gasteiger charge is 2.60. The summed E-state index contributed by atoms with van der Waals surface area (Å²) in [6.07, 6.45) is 0.730. The number of nitrogens with zero attached hydrogens (tertiary/aromatic N) is 1. The van der Waals surface area contributed by atoms with E-state index in [2.05, 4.69) is 16.0 Å². The number of carbonyl (C=O) groups excluding carboxylic acids is 2. The summed E-state index contributed by atoms with van der Waals surface area (Å²) >= 11 is 1.45. The van der Waals surface area contributed by atoms with E-state index in [1.165, 1.54) is 16.7 Å². The molecule has 4 aliphatic rings. The smallest absolute Gasteiger partial charge is 0.353 e. The van der Waals surface area contributed by atoms with Crippen molar-refractivity contribution in [3.8, 4) is 0 Å². The van der Waals surface area contributed by atoms with E-state index in [4.69, 9.17) is 0 Å². The number of hydrogen-bond donors (Lipinski definition) is 5. The van der Waals surface area contributed by atoms with Crippen LogP contribution in [0.5, 0.6) is 0 Å². The second-order valence-electron chi connectivity index (χ2n) is 8.41. The van der Waals surface area contributed by atoms with Crippen molar-refractivity contribution in [2.45, 2.75) is 56.2 Å². The van der Waals surface area contributed by atoms with E-state index in [0.717, 1.165) is 19.5 Å². The van der Waals surface area contributed by atoms with E-state index in [1.54, 1.807) is 6.92 Å². The van der Waals surface area contributed by atoms with Gasteiger partial charge >= 0.3 is 5.97 Å². The molecule has 0 saturated carbocycles. The van der Waals surface area contributed by atoms with Crippen LogP contribution >= 0.6 is 11.8 Å². The number of carboxylic acid groups (broad SMARTS) is 1.